The van der Waals surface area contributed by atoms with Gasteiger partial charge in [0.1, 0.15) is 12.4 Å². The number of carbonyl (C=O) groups is 1. The quantitative estimate of drug-likeness (QED) is 0.786. The molecule has 0 bridgehead atoms. The highest BCUT2D eigenvalue weighted by Gasteiger charge is 2.12. The number of imidazole rings is 1. The van der Waals surface area contributed by atoms with Gasteiger partial charge in [-0.15, -0.1) is 0 Å². The van der Waals surface area contributed by atoms with Crippen LogP contribution in [0.1, 0.15) is 17.0 Å². The van der Waals surface area contributed by atoms with E-state index in [2.05, 4.69) is 36.2 Å². The minimum Gasteiger partial charge on any atom is -0.480 e. The summed E-state index contributed by atoms with van der Waals surface area (Å²) in [6, 6.07) is 16.1. The summed E-state index contributed by atoms with van der Waals surface area (Å²) in [6.45, 7) is 2.01. The van der Waals surface area contributed by atoms with E-state index in [9.17, 15) is 4.79 Å². The molecular weight excluding hydrogens is 276 g/mol. The molecule has 1 N–H and O–H groups in total. The second-order valence-corrected chi connectivity index (χ2v) is 5.48. The van der Waals surface area contributed by atoms with E-state index < -0.39 is 5.97 Å². The van der Waals surface area contributed by atoms with Crippen LogP contribution in [0.15, 0.2) is 48.5 Å². The molecule has 0 aliphatic rings. The summed E-state index contributed by atoms with van der Waals surface area (Å²) >= 11 is 0. The molecule has 0 aliphatic heterocycles. The minimum atomic E-state index is -0.847. The molecule has 0 fully saturated rings. The number of carboxylic acids is 1. The number of aryl methyl sites for hydroxylation is 3. The first-order chi connectivity index (χ1) is 10.6. The molecule has 0 unspecified atom stereocenters. The lowest BCUT2D eigenvalue weighted by Crippen LogP contribution is -2.12. The lowest BCUT2D eigenvalue weighted by molar-refractivity contribution is -0.137. The van der Waals surface area contributed by atoms with E-state index in [1.807, 2.05) is 24.3 Å². The number of rotatable bonds is 5. The Kier molecular flexibility index (Phi) is 3.92. The van der Waals surface area contributed by atoms with Crippen LogP contribution in [-0.4, -0.2) is 20.6 Å². The van der Waals surface area contributed by atoms with Crippen molar-refractivity contribution in [3.63, 3.8) is 0 Å². The van der Waals surface area contributed by atoms with Crippen molar-refractivity contribution in [3.8, 4) is 0 Å². The lowest BCUT2D eigenvalue weighted by Gasteiger charge is -2.06. The minimum absolute atomic E-state index is 0.0518. The van der Waals surface area contributed by atoms with Gasteiger partial charge in [0.05, 0.1) is 11.0 Å². The Morgan fingerprint density at radius 3 is 2.55 bits per heavy atom. The number of aliphatic carboxylic acids is 1. The van der Waals surface area contributed by atoms with Gasteiger partial charge in [0.2, 0.25) is 0 Å². The molecule has 0 saturated heterocycles. The number of para-hydroxylation sites is 2. The normalized spacial score (nSPS) is 11.0. The fourth-order valence-corrected chi connectivity index (χ4v) is 2.64. The van der Waals surface area contributed by atoms with Crippen molar-refractivity contribution in [2.45, 2.75) is 26.3 Å². The van der Waals surface area contributed by atoms with Gasteiger partial charge in [0.15, 0.2) is 0 Å². The van der Waals surface area contributed by atoms with E-state index in [0.29, 0.717) is 0 Å². The summed E-state index contributed by atoms with van der Waals surface area (Å²) < 4.78 is 1.80. The van der Waals surface area contributed by atoms with Gasteiger partial charge < -0.3 is 9.67 Å². The maximum atomic E-state index is 11.1. The van der Waals surface area contributed by atoms with E-state index in [1.165, 1.54) is 11.1 Å². The Morgan fingerprint density at radius 1 is 1.09 bits per heavy atom. The SMILES string of the molecule is Cc1ccc(CCc2nc3ccccc3n2CC(=O)O)cc1. The average molecular weight is 294 g/mol. The first-order valence-electron chi connectivity index (χ1n) is 7.35. The van der Waals surface area contributed by atoms with Crippen molar-refractivity contribution in [1.29, 1.82) is 0 Å². The van der Waals surface area contributed by atoms with Gasteiger partial charge in [-0.05, 0) is 31.0 Å². The number of nitrogens with zero attached hydrogens (tertiary/aromatic N) is 2. The standard InChI is InChI=1S/C18H18N2O2/c1-13-6-8-14(9-7-13)10-11-17-19-15-4-2-3-5-16(15)20(17)12-18(21)22/h2-9H,10-12H2,1H3,(H,21,22). The molecule has 0 saturated carbocycles. The van der Waals surface area contributed by atoms with Gasteiger partial charge in [0, 0.05) is 6.42 Å². The topological polar surface area (TPSA) is 55.1 Å². The predicted molar refractivity (Wildman–Crippen MR) is 86.0 cm³/mol. The molecule has 0 spiro atoms. The van der Waals surface area contributed by atoms with Crippen molar-refractivity contribution in [2.75, 3.05) is 0 Å². The third-order valence-electron chi connectivity index (χ3n) is 3.78. The van der Waals surface area contributed by atoms with Gasteiger partial charge in [0.25, 0.3) is 0 Å². The first kappa shape index (κ1) is 14.3. The van der Waals surface area contributed by atoms with Crippen LogP contribution in [-0.2, 0) is 24.2 Å². The van der Waals surface area contributed by atoms with Crippen LogP contribution in [0.5, 0.6) is 0 Å². The van der Waals surface area contributed by atoms with Crippen LogP contribution >= 0.6 is 0 Å². The van der Waals surface area contributed by atoms with Crippen LogP contribution in [0.2, 0.25) is 0 Å². The molecule has 2 aromatic carbocycles. The number of carboxylic acid groups (broad SMARTS) is 1. The molecule has 0 radical (unpaired) electrons. The summed E-state index contributed by atoms with van der Waals surface area (Å²) in [5.41, 5.74) is 4.20. The second kappa shape index (κ2) is 6.02. The number of benzene rings is 2. The zero-order valence-corrected chi connectivity index (χ0v) is 12.5. The highest BCUT2D eigenvalue weighted by Crippen LogP contribution is 2.17. The van der Waals surface area contributed by atoms with Crippen LogP contribution in [0, 0.1) is 6.92 Å². The Labute approximate surface area is 129 Å². The third kappa shape index (κ3) is 3.01. The highest BCUT2D eigenvalue weighted by molar-refractivity contribution is 5.78. The zero-order chi connectivity index (χ0) is 15.5. The Morgan fingerprint density at radius 2 is 1.82 bits per heavy atom. The molecule has 112 valence electrons. The number of hydrogen-bond donors (Lipinski definition) is 1. The van der Waals surface area contributed by atoms with E-state index in [1.54, 1.807) is 4.57 Å². The molecule has 4 nitrogen and oxygen atoms in total. The predicted octanol–water partition coefficient (Wildman–Crippen LogP) is 3.21. The van der Waals surface area contributed by atoms with Gasteiger partial charge in [-0.25, -0.2) is 4.98 Å². The van der Waals surface area contributed by atoms with Crippen molar-refractivity contribution in [3.05, 3.63) is 65.5 Å². The maximum Gasteiger partial charge on any atom is 0.323 e. The average Bonchev–Trinajstić information content (AvgIpc) is 2.84. The van der Waals surface area contributed by atoms with Gasteiger partial charge in [-0.2, -0.15) is 0 Å². The Balaban J connectivity index is 1.88. The van der Waals surface area contributed by atoms with Crippen molar-refractivity contribution >= 4 is 17.0 Å². The van der Waals surface area contributed by atoms with Crippen LogP contribution in [0.25, 0.3) is 11.0 Å². The molecule has 4 heteroatoms. The zero-order valence-electron chi connectivity index (χ0n) is 12.5. The monoisotopic (exact) mass is 294 g/mol. The van der Waals surface area contributed by atoms with Gasteiger partial charge in [-0.1, -0.05) is 42.0 Å². The van der Waals surface area contributed by atoms with Crippen LogP contribution in [0.3, 0.4) is 0 Å². The van der Waals surface area contributed by atoms with E-state index in [0.717, 1.165) is 29.7 Å². The van der Waals surface area contributed by atoms with Crippen LogP contribution in [0.4, 0.5) is 0 Å². The smallest absolute Gasteiger partial charge is 0.323 e. The van der Waals surface area contributed by atoms with Crippen molar-refractivity contribution < 1.29 is 9.90 Å². The summed E-state index contributed by atoms with van der Waals surface area (Å²) in [5.74, 6) is -0.0242. The molecule has 3 aromatic rings. The summed E-state index contributed by atoms with van der Waals surface area (Å²) in [6.07, 6.45) is 1.58. The molecule has 1 heterocycles. The summed E-state index contributed by atoms with van der Waals surface area (Å²) in [5, 5.41) is 9.14. The van der Waals surface area contributed by atoms with Gasteiger partial charge in [-0.3, -0.25) is 4.79 Å². The van der Waals surface area contributed by atoms with Gasteiger partial charge >= 0.3 is 5.97 Å². The third-order valence-corrected chi connectivity index (χ3v) is 3.78. The maximum absolute atomic E-state index is 11.1. The molecular formula is C18H18N2O2. The summed E-state index contributed by atoms with van der Waals surface area (Å²) in [7, 11) is 0. The molecule has 0 aliphatic carbocycles. The Bertz CT molecular complexity index is 804. The molecule has 3 rings (SSSR count). The van der Waals surface area contributed by atoms with Crippen molar-refractivity contribution in [1.82, 2.24) is 9.55 Å². The fourth-order valence-electron chi connectivity index (χ4n) is 2.64. The number of hydrogen-bond acceptors (Lipinski definition) is 2. The second-order valence-electron chi connectivity index (χ2n) is 5.48. The van der Waals surface area contributed by atoms with E-state index >= 15 is 0 Å². The van der Waals surface area contributed by atoms with Crippen LogP contribution < -0.4 is 0 Å². The molecule has 22 heavy (non-hydrogen) atoms. The number of fused-ring (bicyclic) bond motifs is 1. The Hall–Kier alpha value is -2.62. The van der Waals surface area contributed by atoms with E-state index in [4.69, 9.17) is 5.11 Å². The molecule has 0 atom stereocenters. The lowest BCUT2D eigenvalue weighted by atomic mass is 10.1. The largest absolute Gasteiger partial charge is 0.480 e. The van der Waals surface area contributed by atoms with Crippen molar-refractivity contribution in [2.24, 2.45) is 0 Å². The van der Waals surface area contributed by atoms with E-state index in [-0.39, 0.29) is 6.54 Å². The summed E-state index contributed by atoms with van der Waals surface area (Å²) in [4.78, 5) is 15.7. The molecule has 1 aromatic heterocycles. The first-order valence-corrected chi connectivity index (χ1v) is 7.35. The highest BCUT2D eigenvalue weighted by atomic mass is 16.4. The number of aromatic nitrogens is 2. The molecule has 0 amide bonds. The fraction of sp³-hybridized carbons (Fsp3) is 0.222.